The second kappa shape index (κ2) is 9.79. The molecule has 1 aliphatic heterocycles. The predicted octanol–water partition coefficient (Wildman–Crippen LogP) is 2.13. The van der Waals surface area contributed by atoms with Gasteiger partial charge in [0.15, 0.2) is 23.3 Å². The van der Waals surface area contributed by atoms with Gasteiger partial charge in [-0.1, -0.05) is 16.8 Å². The predicted molar refractivity (Wildman–Crippen MR) is 117 cm³/mol. The van der Waals surface area contributed by atoms with Crippen LogP contribution < -0.4 is 0 Å². The summed E-state index contributed by atoms with van der Waals surface area (Å²) in [6.07, 6.45) is -3.13. The van der Waals surface area contributed by atoms with E-state index in [1.54, 1.807) is 0 Å². The molecule has 0 aliphatic carbocycles. The van der Waals surface area contributed by atoms with E-state index in [1.165, 1.54) is 29.2 Å². The summed E-state index contributed by atoms with van der Waals surface area (Å²) in [6, 6.07) is 3.98. The Morgan fingerprint density at radius 3 is 2.38 bits per heavy atom. The van der Waals surface area contributed by atoms with Crippen molar-refractivity contribution in [2.24, 2.45) is 0 Å². The molecule has 1 saturated heterocycles. The fourth-order valence-corrected chi connectivity index (χ4v) is 4.33. The number of ether oxygens (including phenoxy) is 1. The van der Waals surface area contributed by atoms with Crippen LogP contribution in [0.5, 0.6) is 0 Å². The molecule has 37 heavy (non-hydrogen) atoms. The van der Waals surface area contributed by atoms with E-state index in [0.717, 1.165) is 22.9 Å². The second-order valence-electron chi connectivity index (χ2n) is 8.24. The van der Waals surface area contributed by atoms with Crippen LogP contribution in [-0.2, 0) is 4.74 Å². The first-order valence-electron chi connectivity index (χ1n) is 10.7. The third kappa shape index (κ3) is 4.46. The highest BCUT2D eigenvalue weighted by atomic mass is 35.5. The van der Waals surface area contributed by atoms with Crippen LogP contribution >= 0.6 is 11.6 Å². The second-order valence-corrected chi connectivity index (χ2v) is 8.65. The number of aliphatic hydroxyl groups excluding tert-OH is 3. The summed E-state index contributed by atoms with van der Waals surface area (Å²) in [5.74, 6) is -5.13. The number of rotatable bonds is 5. The van der Waals surface area contributed by atoms with E-state index in [2.05, 4.69) is 20.5 Å². The van der Waals surface area contributed by atoms with Crippen molar-refractivity contribution in [2.45, 2.75) is 30.5 Å². The molecule has 5 atom stereocenters. The number of benzene rings is 2. The first kappa shape index (κ1) is 25.2. The SMILES string of the molecule is OC[C@H]1O[C@@H](c2nncn2-c2ccc(F)c(Cl)c2)[C@H](O)[C@@H](n2cc(-c3cc(F)c(F)c(F)c3)nn2)[C@H]1O. The van der Waals surface area contributed by atoms with Gasteiger partial charge in [0.25, 0.3) is 0 Å². The zero-order valence-corrected chi connectivity index (χ0v) is 19.2. The van der Waals surface area contributed by atoms with Crippen LogP contribution in [0, 0.1) is 23.3 Å². The fourth-order valence-electron chi connectivity index (χ4n) is 4.16. The quantitative estimate of drug-likeness (QED) is 0.259. The molecule has 0 spiro atoms. The first-order chi connectivity index (χ1) is 17.7. The average Bonchev–Trinajstić information content (AvgIpc) is 3.55. The van der Waals surface area contributed by atoms with Gasteiger partial charge in [0, 0.05) is 5.56 Å². The third-order valence-corrected chi connectivity index (χ3v) is 6.29. The lowest BCUT2D eigenvalue weighted by atomic mass is 9.92. The van der Waals surface area contributed by atoms with E-state index >= 15 is 0 Å². The van der Waals surface area contributed by atoms with E-state index in [0.29, 0.717) is 5.69 Å². The summed E-state index contributed by atoms with van der Waals surface area (Å²) in [4.78, 5) is 0. The Kier molecular flexibility index (Phi) is 6.68. The molecule has 0 bridgehead atoms. The molecule has 2 aromatic heterocycles. The van der Waals surface area contributed by atoms with Gasteiger partial charge >= 0.3 is 0 Å². The van der Waals surface area contributed by atoms with Crippen LogP contribution in [-0.4, -0.2) is 70.0 Å². The molecular formula is C22H17ClF4N6O4. The number of aromatic nitrogens is 6. The van der Waals surface area contributed by atoms with Crippen LogP contribution in [0.15, 0.2) is 42.9 Å². The summed E-state index contributed by atoms with van der Waals surface area (Å²) >= 11 is 5.88. The summed E-state index contributed by atoms with van der Waals surface area (Å²) < 4.78 is 62.5. The molecule has 2 aromatic carbocycles. The molecule has 0 saturated carbocycles. The van der Waals surface area contributed by atoms with E-state index in [-0.39, 0.29) is 22.1 Å². The highest BCUT2D eigenvalue weighted by Gasteiger charge is 2.48. The van der Waals surface area contributed by atoms with Crippen LogP contribution in [0.4, 0.5) is 17.6 Å². The molecule has 5 rings (SSSR count). The van der Waals surface area contributed by atoms with E-state index in [9.17, 15) is 32.9 Å². The van der Waals surface area contributed by atoms with Gasteiger partial charge in [0.1, 0.15) is 48.3 Å². The normalized spacial score (nSPS) is 23.9. The Bertz CT molecular complexity index is 1430. The molecule has 1 aliphatic rings. The molecule has 10 nitrogen and oxygen atoms in total. The first-order valence-corrected chi connectivity index (χ1v) is 11.1. The zero-order valence-electron chi connectivity index (χ0n) is 18.5. The van der Waals surface area contributed by atoms with Gasteiger partial charge < -0.3 is 20.1 Å². The minimum absolute atomic E-state index is 0.0357. The van der Waals surface area contributed by atoms with Crippen LogP contribution in [0.1, 0.15) is 18.0 Å². The smallest absolute Gasteiger partial charge is 0.194 e. The molecule has 3 N–H and O–H groups in total. The standard InChI is InChI=1S/C22H17ClF4N6O4/c23-11-5-10(1-2-12(11)24)32-8-28-30-22(32)21-20(36)18(19(35)16(7-34)37-21)33-6-15(29-31-33)9-3-13(25)17(27)14(26)4-9/h1-6,8,16,18-21,34-36H,7H2/t16-,18+,19+,20-,21-/m1/s1. The molecule has 0 amide bonds. The molecular weight excluding hydrogens is 524 g/mol. The van der Waals surface area contributed by atoms with Gasteiger partial charge in [-0.15, -0.1) is 15.3 Å². The van der Waals surface area contributed by atoms with Crippen molar-refractivity contribution in [3.8, 4) is 16.9 Å². The van der Waals surface area contributed by atoms with Crippen molar-refractivity contribution in [1.82, 2.24) is 29.8 Å². The number of halogens is 5. The Morgan fingerprint density at radius 2 is 1.70 bits per heavy atom. The van der Waals surface area contributed by atoms with Crippen molar-refractivity contribution >= 4 is 11.6 Å². The Balaban J connectivity index is 1.52. The molecule has 1 fully saturated rings. The van der Waals surface area contributed by atoms with Gasteiger partial charge in [-0.05, 0) is 30.3 Å². The third-order valence-electron chi connectivity index (χ3n) is 6.00. The van der Waals surface area contributed by atoms with Gasteiger partial charge in [-0.2, -0.15) is 0 Å². The number of nitrogens with zero attached hydrogens (tertiary/aromatic N) is 6. The zero-order chi connectivity index (χ0) is 26.4. The topological polar surface area (TPSA) is 131 Å². The monoisotopic (exact) mass is 540 g/mol. The van der Waals surface area contributed by atoms with E-state index in [1.807, 2.05) is 0 Å². The van der Waals surface area contributed by atoms with Crippen LogP contribution in [0.25, 0.3) is 16.9 Å². The van der Waals surface area contributed by atoms with Gasteiger partial charge in [0.05, 0.1) is 23.5 Å². The summed E-state index contributed by atoms with van der Waals surface area (Å²) in [5, 5.41) is 47.2. The van der Waals surface area contributed by atoms with Crippen LogP contribution in [0.3, 0.4) is 0 Å². The summed E-state index contributed by atoms with van der Waals surface area (Å²) in [7, 11) is 0. The minimum Gasteiger partial charge on any atom is -0.394 e. The van der Waals surface area contributed by atoms with Crippen molar-refractivity contribution in [3.05, 3.63) is 77.0 Å². The number of aliphatic hydroxyl groups is 3. The summed E-state index contributed by atoms with van der Waals surface area (Å²) in [5.41, 5.74) is 0.126. The van der Waals surface area contributed by atoms with Crippen LogP contribution in [0.2, 0.25) is 5.02 Å². The van der Waals surface area contributed by atoms with E-state index in [4.69, 9.17) is 16.3 Å². The van der Waals surface area contributed by atoms with Gasteiger partial charge in [0.2, 0.25) is 0 Å². The Hall–Kier alpha value is -3.43. The lowest BCUT2D eigenvalue weighted by Crippen LogP contribution is -2.53. The van der Waals surface area contributed by atoms with Crippen molar-refractivity contribution < 1.29 is 37.6 Å². The highest BCUT2D eigenvalue weighted by molar-refractivity contribution is 6.30. The van der Waals surface area contributed by atoms with Gasteiger partial charge in [-0.25, -0.2) is 22.2 Å². The maximum Gasteiger partial charge on any atom is 0.194 e. The summed E-state index contributed by atoms with van der Waals surface area (Å²) in [6.45, 7) is -0.659. The maximum atomic E-state index is 13.7. The largest absolute Gasteiger partial charge is 0.394 e. The average molecular weight is 541 g/mol. The van der Waals surface area contributed by atoms with Gasteiger partial charge in [-0.3, -0.25) is 4.57 Å². The molecule has 3 heterocycles. The number of hydrogen-bond donors (Lipinski definition) is 3. The highest BCUT2D eigenvalue weighted by Crippen LogP contribution is 2.38. The fraction of sp³-hybridized carbons (Fsp3) is 0.273. The molecule has 0 radical (unpaired) electrons. The van der Waals surface area contributed by atoms with E-state index < -0.39 is 60.3 Å². The Labute approximate surface area is 210 Å². The molecule has 0 unspecified atom stereocenters. The Morgan fingerprint density at radius 1 is 0.973 bits per heavy atom. The molecule has 4 aromatic rings. The lowest BCUT2D eigenvalue weighted by molar-refractivity contribution is -0.210. The van der Waals surface area contributed by atoms with Crippen molar-refractivity contribution in [3.63, 3.8) is 0 Å². The lowest BCUT2D eigenvalue weighted by Gasteiger charge is -2.41. The van der Waals surface area contributed by atoms with Crippen molar-refractivity contribution in [2.75, 3.05) is 6.61 Å². The maximum absolute atomic E-state index is 13.7. The molecule has 15 heteroatoms. The number of hydrogen-bond acceptors (Lipinski definition) is 8. The minimum atomic E-state index is -1.65. The van der Waals surface area contributed by atoms with Crippen molar-refractivity contribution in [1.29, 1.82) is 0 Å². The molecule has 194 valence electrons.